The molecule has 0 fully saturated rings. The Balaban J connectivity index is 1.80. The molecule has 0 radical (unpaired) electrons. The number of aromatic amines is 2. The molecule has 2 rings (SSSR count). The predicted octanol–water partition coefficient (Wildman–Crippen LogP) is 2.18. The second-order valence-electron chi connectivity index (χ2n) is 3.45. The van der Waals surface area contributed by atoms with Gasteiger partial charge in [-0.25, -0.2) is 4.57 Å². The van der Waals surface area contributed by atoms with Crippen molar-refractivity contribution in [2.24, 2.45) is 0 Å². The minimum atomic E-state index is -4.00. The zero-order chi connectivity index (χ0) is 12.1. The Morgan fingerprint density at radius 1 is 1.06 bits per heavy atom. The molecule has 0 aliphatic heterocycles. The van der Waals surface area contributed by atoms with Gasteiger partial charge in [-0.1, -0.05) is 0 Å². The molecular formula is C10H13N2O4P. The molecule has 0 bridgehead atoms. The Labute approximate surface area is 98.2 Å². The number of H-pyrrole nitrogens is 2. The van der Waals surface area contributed by atoms with E-state index in [1.807, 2.05) is 0 Å². The Bertz CT molecular complexity index is 438. The number of hydrogen-bond acceptors (Lipinski definition) is 3. The van der Waals surface area contributed by atoms with E-state index in [1.165, 1.54) is 0 Å². The molecule has 0 spiro atoms. The first-order chi connectivity index (χ1) is 8.16. The average Bonchev–Trinajstić information content (AvgIpc) is 2.97. The van der Waals surface area contributed by atoms with Gasteiger partial charge in [0.15, 0.2) is 0 Å². The molecule has 17 heavy (non-hydrogen) atoms. The summed E-state index contributed by atoms with van der Waals surface area (Å²) in [5, 5.41) is 0. The van der Waals surface area contributed by atoms with Gasteiger partial charge < -0.3 is 14.9 Å². The Morgan fingerprint density at radius 2 is 1.53 bits per heavy atom. The third kappa shape index (κ3) is 3.87. The van der Waals surface area contributed by atoms with Crippen molar-refractivity contribution >= 4 is 7.82 Å². The minimum absolute atomic E-state index is 0.0322. The Kier molecular flexibility index (Phi) is 3.81. The lowest BCUT2D eigenvalue weighted by Gasteiger charge is -2.10. The lowest BCUT2D eigenvalue weighted by molar-refractivity contribution is 0.137. The van der Waals surface area contributed by atoms with Gasteiger partial charge in [-0.05, 0) is 23.3 Å². The number of hydrogen-bond donors (Lipinski definition) is 3. The molecule has 3 N–H and O–H groups in total. The number of nitrogens with one attached hydrogen (secondary N) is 2. The van der Waals surface area contributed by atoms with Crippen molar-refractivity contribution in [1.29, 1.82) is 0 Å². The van der Waals surface area contributed by atoms with Gasteiger partial charge in [0.1, 0.15) is 0 Å². The molecule has 0 aliphatic carbocycles. The van der Waals surface area contributed by atoms with Crippen molar-refractivity contribution in [3.63, 3.8) is 0 Å². The van der Waals surface area contributed by atoms with Crippen LogP contribution in [0.5, 0.6) is 0 Å². The minimum Gasteiger partial charge on any atom is -0.367 e. The van der Waals surface area contributed by atoms with Gasteiger partial charge in [-0.3, -0.25) is 9.05 Å². The number of aromatic nitrogens is 2. The van der Waals surface area contributed by atoms with E-state index < -0.39 is 7.82 Å². The van der Waals surface area contributed by atoms with Crippen LogP contribution >= 0.6 is 7.82 Å². The topological polar surface area (TPSA) is 87.3 Å². The molecule has 0 aromatic carbocycles. The fourth-order valence-electron chi connectivity index (χ4n) is 1.25. The van der Waals surface area contributed by atoms with Gasteiger partial charge in [0.25, 0.3) is 0 Å². The highest BCUT2D eigenvalue weighted by atomic mass is 31.2. The van der Waals surface area contributed by atoms with Crippen LogP contribution in [0.4, 0.5) is 0 Å². The third-order valence-electron chi connectivity index (χ3n) is 2.11. The zero-order valence-corrected chi connectivity index (χ0v) is 9.89. The summed E-state index contributed by atoms with van der Waals surface area (Å²) in [4.78, 5) is 15.1. The predicted molar refractivity (Wildman–Crippen MR) is 61.0 cm³/mol. The first kappa shape index (κ1) is 12.1. The first-order valence-electron chi connectivity index (χ1n) is 5.01. The van der Waals surface area contributed by atoms with Crippen molar-refractivity contribution in [3.05, 3.63) is 48.0 Å². The lowest BCUT2D eigenvalue weighted by Crippen LogP contribution is -1.95. The van der Waals surface area contributed by atoms with Crippen LogP contribution in [0, 0.1) is 0 Å². The van der Waals surface area contributed by atoms with E-state index in [0.29, 0.717) is 0 Å². The van der Waals surface area contributed by atoms with Gasteiger partial charge in [0.05, 0.1) is 13.2 Å². The van der Waals surface area contributed by atoms with E-state index >= 15 is 0 Å². The SMILES string of the molecule is O=P(O)(OCc1cc[nH]c1)OCc1cc[nH]c1. The van der Waals surface area contributed by atoms with Crippen molar-refractivity contribution in [3.8, 4) is 0 Å². The fourth-order valence-corrected chi connectivity index (χ4v) is 1.94. The maximum absolute atomic E-state index is 11.5. The van der Waals surface area contributed by atoms with Crippen molar-refractivity contribution in [2.75, 3.05) is 0 Å². The van der Waals surface area contributed by atoms with Crippen molar-refractivity contribution in [1.82, 2.24) is 9.97 Å². The summed E-state index contributed by atoms with van der Waals surface area (Å²) in [6.45, 7) is 0.0643. The quantitative estimate of drug-likeness (QED) is 0.691. The highest BCUT2D eigenvalue weighted by Gasteiger charge is 2.21. The molecule has 2 aromatic heterocycles. The smallest absolute Gasteiger partial charge is 0.367 e. The molecule has 2 aromatic rings. The first-order valence-corrected chi connectivity index (χ1v) is 6.50. The summed E-state index contributed by atoms with van der Waals surface area (Å²) in [5.41, 5.74) is 1.56. The summed E-state index contributed by atoms with van der Waals surface area (Å²) < 4.78 is 21.2. The normalized spacial score (nSPS) is 11.8. The fraction of sp³-hybridized carbons (Fsp3) is 0.200. The number of phosphoric ester groups is 1. The van der Waals surface area contributed by atoms with Crippen LogP contribution in [0.15, 0.2) is 36.9 Å². The zero-order valence-electron chi connectivity index (χ0n) is 9.00. The molecule has 0 saturated carbocycles. The van der Waals surface area contributed by atoms with E-state index in [1.54, 1.807) is 36.9 Å². The summed E-state index contributed by atoms with van der Waals surface area (Å²) in [5.74, 6) is 0. The van der Waals surface area contributed by atoms with Gasteiger partial charge in [0, 0.05) is 24.8 Å². The van der Waals surface area contributed by atoms with Gasteiger partial charge >= 0.3 is 7.82 Å². The van der Waals surface area contributed by atoms with Crippen LogP contribution in [-0.4, -0.2) is 14.9 Å². The van der Waals surface area contributed by atoms with Crippen LogP contribution < -0.4 is 0 Å². The molecule has 0 aliphatic rings. The summed E-state index contributed by atoms with van der Waals surface area (Å²) in [7, 11) is -4.00. The highest BCUT2D eigenvalue weighted by Crippen LogP contribution is 2.44. The second kappa shape index (κ2) is 5.33. The van der Waals surface area contributed by atoms with E-state index in [-0.39, 0.29) is 13.2 Å². The third-order valence-corrected chi connectivity index (χ3v) is 3.02. The van der Waals surface area contributed by atoms with E-state index in [0.717, 1.165) is 11.1 Å². The maximum atomic E-state index is 11.5. The van der Waals surface area contributed by atoms with Crippen molar-refractivity contribution in [2.45, 2.75) is 13.2 Å². The average molecular weight is 256 g/mol. The monoisotopic (exact) mass is 256 g/mol. The molecule has 2 heterocycles. The molecular weight excluding hydrogens is 243 g/mol. The largest absolute Gasteiger partial charge is 0.472 e. The summed E-state index contributed by atoms with van der Waals surface area (Å²) in [6.07, 6.45) is 6.79. The summed E-state index contributed by atoms with van der Waals surface area (Å²) in [6, 6.07) is 3.51. The summed E-state index contributed by atoms with van der Waals surface area (Å²) >= 11 is 0. The van der Waals surface area contributed by atoms with E-state index in [2.05, 4.69) is 9.97 Å². The molecule has 0 unspecified atom stereocenters. The number of rotatable bonds is 6. The van der Waals surface area contributed by atoms with E-state index in [9.17, 15) is 9.46 Å². The van der Waals surface area contributed by atoms with Crippen LogP contribution in [-0.2, 0) is 26.8 Å². The molecule has 6 nitrogen and oxygen atoms in total. The van der Waals surface area contributed by atoms with Crippen LogP contribution in [0.1, 0.15) is 11.1 Å². The standard InChI is InChI=1S/C10H13N2O4P/c13-17(14,15-7-9-1-3-11-5-9)16-8-10-2-4-12-6-10/h1-6,11-12H,7-8H2,(H,13,14). The lowest BCUT2D eigenvalue weighted by atomic mass is 10.4. The van der Waals surface area contributed by atoms with Crippen molar-refractivity contribution < 1.29 is 18.5 Å². The van der Waals surface area contributed by atoms with Gasteiger partial charge in [0.2, 0.25) is 0 Å². The Hall–Kier alpha value is -1.33. The molecule has 0 atom stereocenters. The molecule has 92 valence electrons. The molecule has 0 amide bonds. The number of phosphoric acid groups is 1. The van der Waals surface area contributed by atoms with Gasteiger partial charge in [-0.2, -0.15) is 0 Å². The Morgan fingerprint density at radius 3 is 1.88 bits per heavy atom. The molecule has 7 heteroatoms. The van der Waals surface area contributed by atoms with Crippen LogP contribution in [0.25, 0.3) is 0 Å². The van der Waals surface area contributed by atoms with Crippen LogP contribution in [0.3, 0.4) is 0 Å². The van der Waals surface area contributed by atoms with E-state index in [4.69, 9.17) is 9.05 Å². The van der Waals surface area contributed by atoms with Gasteiger partial charge in [-0.15, -0.1) is 0 Å². The van der Waals surface area contributed by atoms with Crippen LogP contribution in [0.2, 0.25) is 0 Å². The highest BCUT2D eigenvalue weighted by molar-refractivity contribution is 7.47. The second-order valence-corrected chi connectivity index (χ2v) is 4.91. The molecule has 0 saturated heterocycles. The maximum Gasteiger partial charge on any atom is 0.472 e.